The van der Waals surface area contributed by atoms with Gasteiger partial charge in [0.05, 0.1) is 18.9 Å². The van der Waals surface area contributed by atoms with Gasteiger partial charge in [0.1, 0.15) is 5.82 Å². The molecule has 2 rings (SSSR count). The number of nitrogens with zero attached hydrogens (tertiary/aromatic N) is 2. The Morgan fingerprint density at radius 3 is 3.33 bits per heavy atom. The van der Waals surface area contributed by atoms with Gasteiger partial charge in [-0.25, -0.2) is 9.97 Å². The summed E-state index contributed by atoms with van der Waals surface area (Å²) >= 11 is 0. The number of ether oxygens (including phenoxy) is 1. The lowest BCUT2D eigenvalue weighted by Gasteiger charge is -2.14. The molecule has 0 atom stereocenters. The summed E-state index contributed by atoms with van der Waals surface area (Å²) in [5.41, 5.74) is 2.33. The van der Waals surface area contributed by atoms with Gasteiger partial charge in [0.2, 0.25) is 0 Å². The molecular weight excluding hydrogens is 152 g/mol. The number of hydrogen-bond acceptors (Lipinski definition) is 3. The standard InChI is InChI=1S/C9H12N2O/c1-2-9-10-5-7-6-12-4-3-8(7)11-9/h5H,2-4,6H2,1H3. The van der Waals surface area contributed by atoms with Crippen LogP contribution in [-0.4, -0.2) is 16.6 Å². The second kappa shape index (κ2) is 3.19. The van der Waals surface area contributed by atoms with Gasteiger partial charge >= 0.3 is 0 Å². The lowest BCUT2D eigenvalue weighted by atomic mass is 10.1. The summed E-state index contributed by atoms with van der Waals surface area (Å²) in [6.45, 7) is 3.55. The van der Waals surface area contributed by atoms with Crippen LogP contribution in [-0.2, 0) is 24.2 Å². The molecule has 0 radical (unpaired) electrons. The van der Waals surface area contributed by atoms with Gasteiger partial charge in [-0.05, 0) is 0 Å². The van der Waals surface area contributed by atoms with Gasteiger partial charge in [-0.1, -0.05) is 6.92 Å². The number of aromatic nitrogens is 2. The van der Waals surface area contributed by atoms with E-state index in [1.165, 1.54) is 5.69 Å². The normalized spacial score (nSPS) is 15.8. The molecule has 1 aromatic rings. The molecule has 3 heteroatoms. The van der Waals surface area contributed by atoms with Crippen LogP contribution in [0.2, 0.25) is 0 Å². The highest BCUT2D eigenvalue weighted by atomic mass is 16.5. The van der Waals surface area contributed by atoms with Gasteiger partial charge in [0.25, 0.3) is 0 Å². The quantitative estimate of drug-likeness (QED) is 0.623. The van der Waals surface area contributed by atoms with Crippen molar-refractivity contribution < 1.29 is 4.74 Å². The molecule has 3 nitrogen and oxygen atoms in total. The third kappa shape index (κ3) is 1.32. The Hall–Kier alpha value is -0.960. The fraction of sp³-hybridized carbons (Fsp3) is 0.556. The Balaban J connectivity index is 2.36. The first-order chi connectivity index (χ1) is 5.90. The van der Waals surface area contributed by atoms with Crippen LogP contribution >= 0.6 is 0 Å². The summed E-state index contributed by atoms with van der Waals surface area (Å²) < 4.78 is 5.29. The van der Waals surface area contributed by atoms with Crippen LogP contribution in [0.3, 0.4) is 0 Å². The van der Waals surface area contributed by atoms with Gasteiger partial charge < -0.3 is 4.74 Å². The van der Waals surface area contributed by atoms with Crippen molar-refractivity contribution in [2.24, 2.45) is 0 Å². The summed E-state index contributed by atoms with van der Waals surface area (Å²) in [7, 11) is 0. The summed E-state index contributed by atoms with van der Waals surface area (Å²) in [6, 6.07) is 0. The summed E-state index contributed by atoms with van der Waals surface area (Å²) in [4.78, 5) is 8.66. The number of hydrogen-bond donors (Lipinski definition) is 0. The Morgan fingerprint density at radius 1 is 1.58 bits per heavy atom. The summed E-state index contributed by atoms with van der Waals surface area (Å²) in [5.74, 6) is 0.940. The zero-order valence-corrected chi connectivity index (χ0v) is 7.21. The average Bonchev–Trinajstić information content (AvgIpc) is 2.17. The second-order valence-electron chi connectivity index (χ2n) is 2.91. The van der Waals surface area contributed by atoms with E-state index in [-0.39, 0.29) is 0 Å². The molecule has 0 saturated heterocycles. The molecule has 1 aliphatic rings. The van der Waals surface area contributed by atoms with Gasteiger partial charge in [0.15, 0.2) is 0 Å². The van der Waals surface area contributed by atoms with Gasteiger partial charge in [-0.2, -0.15) is 0 Å². The minimum Gasteiger partial charge on any atom is -0.376 e. The van der Waals surface area contributed by atoms with E-state index in [1.54, 1.807) is 0 Å². The van der Waals surface area contributed by atoms with Crippen molar-refractivity contribution in [1.82, 2.24) is 9.97 Å². The number of rotatable bonds is 1. The Kier molecular flexibility index (Phi) is 2.04. The molecule has 0 amide bonds. The first-order valence-corrected chi connectivity index (χ1v) is 4.31. The maximum atomic E-state index is 5.29. The zero-order valence-electron chi connectivity index (χ0n) is 7.21. The molecule has 1 aliphatic heterocycles. The van der Waals surface area contributed by atoms with Crippen LogP contribution in [0.4, 0.5) is 0 Å². The van der Waals surface area contributed by atoms with Crippen LogP contribution in [0, 0.1) is 0 Å². The predicted molar refractivity (Wildman–Crippen MR) is 44.8 cm³/mol. The lowest BCUT2D eigenvalue weighted by molar-refractivity contribution is 0.108. The number of aryl methyl sites for hydroxylation is 1. The monoisotopic (exact) mass is 164 g/mol. The molecule has 0 aliphatic carbocycles. The molecule has 0 fully saturated rings. The average molecular weight is 164 g/mol. The third-order valence-corrected chi connectivity index (χ3v) is 2.06. The SMILES string of the molecule is CCc1ncc2c(n1)CCOC2. The third-order valence-electron chi connectivity index (χ3n) is 2.06. The molecule has 12 heavy (non-hydrogen) atoms. The van der Waals surface area contributed by atoms with Crippen LogP contribution < -0.4 is 0 Å². The van der Waals surface area contributed by atoms with Crippen molar-refractivity contribution in [2.45, 2.75) is 26.4 Å². The molecule has 0 unspecified atom stereocenters. The summed E-state index contributed by atoms with van der Waals surface area (Å²) in [6.07, 6.45) is 3.74. The van der Waals surface area contributed by atoms with E-state index < -0.39 is 0 Å². The van der Waals surface area contributed by atoms with Gasteiger partial charge in [0, 0.05) is 24.6 Å². The maximum absolute atomic E-state index is 5.29. The summed E-state index contributed by atoms with van der Waals surface area (Å²) in [5, 5.41) is 0. The van der Waals surface area contributed by atoms with Crippen molar-refractivity contribution in [1.29, 1.82) is 0 Å². The van der Waals surface area contributed by atoms with Gasteiger partial charge in [-0.3, -0.25) is 0 Å². The van der Waals surface area contributed by atoms with E-state index >= 15 is 0 Å². The fourth-order valence-corrected chi connectivity index (χ4v) is 1.34. The van der Waals surface area contributed by atoms with Crippen molar-refractivity contribution in [2.75, 3.05) is 6.61 Å². The zero-order chi connectivity index (χ0) is 8.39. The Bertz CT molecular complexity index is 286. The molecule has 1 aromatic heterocycles. The van der Waals surface area contributed by atoms with E-state index in [1.807, 2.05) is 6.20 Å². The van der Waals surface area contributed by atoms with Crippen LogP contribution in [0.15, 0.2) is 6.20 Å². The topological polar surface area (TPSA) is 35.0 Å². The second-order valence-corrected chi connectivity index (χ2v) is 2.91. The van der Waals surface area contributed by atoms with E-state index in [9.17, 15) is 0 Å². The molecule has 64 valence electrons. The minimum atomic E-state index is 0.680. The predicted octanol–water partition coefficient (Wildman–Crippen LogP) is 1.11. The Labute approximate surface area is 71.8 Å². The van der Waals surface area contributed by atoms with Crippen LogP contribution in [0.5, 0.6) is 0 Å². The molecule has 0 aromatic carbocycles. The van der Waals surface area contributed by atoms with Crippen molar-refractivity contribution in [3.8, 4) is 0 Å². The van der Waals surface area contributed by atoms with Gasteiger partial charge in [-0.15, -0.1) is 0 Å². The molecule has 0 saturated carbocycles. The molecular formula is C9H12N2O. The molecule has 0 N–H and O–H groups in total. The fourth-order valence-electron chi connectivity index (χ4n) is 1.34. The first kappa shape index (κ1) is 7.68. The molecule has 0 bridgehead atoms. The highest BCUT2D eigenvalue weighted by molar-refractivity contribution is 5.18. The maximum Gasteiger partial charge on any atom is 0.128 e. The molecule has 2 heterocycles. The molecule has 0 spiro atoms. The Morgan fingerprint density at radius 2 is 2.50 bits per heavy atom. The van der Waals surface area contributed by atoms with Crippen LogP contribution in [0.1, 0.15) is 24.0 Å². The smallest absolute Gasteiger partial charge is 0.128 e. The minimum absolute atomic E-state index is 0.680. The van der Waals surface area contributed by atoms with Crippen LogP contribution in [0.25, 0.3) is 0 Å². The van der Waals surface area contributed by atoms with Crippen molar-refractivity contribution in [3.05, 3.63) is 23.3 Å². The van der Waals surface area contributed by atoms with E-state index in [2.05, 4.69) is 16.9 Å². The largest absolute Gasteiger partial charge is 0.376 e. The highest BCUT2D eigenvalue weighted by Gasteiger charge is 2.11. The van der Waals surface area contributed by atoms with E-state index in [0.29, 0.717) is 6.61 Å². The van der Waals surface area contributed by atoms with Crippen molar-refractivity contribution >= 4 is 0 Å². The van der Waals surface area contributed by atoms with E-state index in [4.69, 9.17) is 4.74 Å². The first-order valence-electron chi connectivity index (χ1n) is 4.31. The number of fused-ring (bicyclic) bond motifs is 1. The van der Waals surface area contributed by atoms with Crippen molar-refractivity contribution in [3.63, 3.8) is 0 Å². The lowest BCUT2D eigenvalue weighted by Crippen LogP contribution is -2.13. The van der Waals surface area contributed by atoms with E-state index in [0.717, 1.165) is 30.8 Å². The highest BCUT2D eigenvalue weighted by Crippen LogP contribution is 2.13.